The standard InChI is InChI=1S/C12H12O2/c1-8(13)11-6-9-4-2-3-5-10(9)7-12(11)14/h2-8,13-14H,1H3. The van der Waals surface area contributed by atoms with E-state index in [1.807, 2.05) is 30.3 Å². The molecule has 1 unspecified atom stereocenters. The first kappa shape index (κ1) is 9.03. The van der Waals surface area contributed by atoms with Gasteiger partial charge in [-0.1, -0.05) is 24.3 Å². The lowest BCUT2D eigenvalue weighted by molar-refractivity contribution is 0.195. The van der Waals surface area contributed by atoms with Gasteiger partial charge in [-0.2, -0.15) is 0 Å². The van der Waals surface area contributed by atoms with Crippen LogP contribution in [0.1, 0.15) is 18.6 Å². The summed E-state index contributed by atoms with van der Waals surface area (Å²) in [5.41, 5.74) is 0.573. The van der Waals surface area contributed by atoms with Crippen LogP contribution in [0.5, 0.6) is 5.75 Å². The molecular formula is C12H12O2. The van der Waals surface area contributed by atoms with Gasteiger partial charge in [0.15, 0.2) is 0 Å². The Morgan fingerprint density at radius 1 is 1.07 bits per heavy atom. The molecule has 2 aromatic rings. The van der Waals surface area contributed by atoms with Crippen LogP contribution in [-0.2, 0) is 0 Å². The summed E-state index contributed by atoms with van der Waals surface area (Å²) in [5, 5.41) is 21.0. The van der Waals surface area contributed by atoms with E-state index in [0.717, 1.165) is 10.8 Å². The number of hydrogen-bond donors (Lipinski definition) is 2. The maximum Gasteiger partial charge on any atom is 0.122 e. The van der Waals surface area contributed by atoms with E-state index in [1.54, 1.807) is 13.0 Å². The third kappa shape index (κ3) is 1.44. The number of fused-ring (bicyclic) bond motifs is 1. The zero-order valence-corrected chi connectivity index (χ0v) is 7.94. The van der Waals surface area contributed by atoms with Crippen molar-refractivity contribution >= 4 is 10.8 Å². The summed E-state index contributed by atoms with van der Waals surface area (Å²) >= 11 is 0. The second kappa shape index (κ2) is 3.31. The second-order valence-electron chi connectivity index (χ2n) is 3.43. The van der Waals surface area contributed by atoms with Crippen LogP contribution >= 0.6 is 0 Å². The Labute approximate surface area is 82.4 Å². The molecule has 0 radical (unpaired) electrons. The Bertz CT molecular complexity index is 461. The molecule has 2 nitrogen and oxygen atoms in total. The van der Waals surface area contributed by atoms with Crippen LogP contribution in [0.3, 0.4) is 0 Å². The first-order chi connectivity index (χ1) is 6.68. The molecule has 0 spiro atoms. The lowest BCUT2D eigenvalue weighted by atomic mass is 10.0. The predicted molar refractivity (Wildman–Crippen MR) is 56.2 cm³/mol. The fourth-order valence-electron chi connectivity index (χ4n) is 1.58. The maximum absolute atomic E-state index is 9.62. The van der Waals surface area contributed by atoms with Gasteiger partial charge in [0.05, 0.1) is 6.10 Å². The molecule has 0 heterocycles. The number of benzene rings is 2. The molecule has 0 saturated carbocycles. The number of phenols is 1. The van der Waals surface area contributed by atoms with Gasteiger partial charge in [0.2, 0.25) is 0 Å². The highest BCUT2D eigenvalue weighted by Gasteiger charge is 2.07. The summed E-state index contributed by atoms with van der Waals surface area (Å²) in [6, 6.07) is 11.2. The van der Waals surface area contributed by atoms with E-state index in [-0.39, 0.29) is 5.75 Å². The normalized spacial score (nSPS) is 13.0. The number of aliphatic hydroxyl groups is 1. The topological polar surface area (TPSA) is 40.5 Å². The molecule has 72 valence electrons. The van der Waals surface area contributed by atoms with Crippen LogP contribution in [-0.4, -0.2) is 10.2 Å². The van der Waals surface area contributed by atoms with E-state index in [4.69, 9.17) is 0 Å². The van der Waals surface area contributed by atoms with Crippen LogP contribution in [0.25, 0.3) is 10.8 Å². The van der Waals surface area contributed by atoms with Gasteiger partial charge in [0.25, 0.3) is 0 Å². The van der Waals surface area contributed by atoms with Crippen molar-refractivity contribution < 1.29 is 10.2 Å². The monoisotopic (exact) mass is 188 g/mol. The Hall–Kier alpha value is -1.54. The van der Waals surface area contributed by atoms with Gasteiger partial charge in [-0.25, -0.2) is 0 Å². The molecule has 0 fully saturated rings. The van der Waals surface area contributed by atoms with E-state index in [0.29, 0.717) is 5.56 Å². The molecule has 0 bridgehead atoms. The van der Waals surface area contributed by atoms with Crippen molar-refractivity contribution in [3.05, 3.63) is 42.0 Å². The van der Waals surface area contributed by atoms with E-state index < -0.39 is 6.10 Å². The molecule has 2 aromatic carbocycles. The van der Waals surface area contributed by atoms with E-state index in [2.05, 4.69) is 0 Å². The van der Waals surface area contributed by atoms with Crippen molar-refractivity contribution in [3.8, 4) is 5.75 Å². The Balaban J connectivity index is 2.71. The molecule has 2 N–H and O–H groups in total. The number of rotatable bonds is 1. The largest absolute Gasteiger partial charge is 0.508 e. The quantitative estimate of drug-likeness (QED) is 0.722. The van der Waals surface area contributed by atoms with E-state index >= 15 is 0 Å². The van der Waals surface area contributed by atoms with Gasteiger partial charge in [-0.15, -0.1) is 0 Å². The summed E-state index contributed by atoms with van der Waals surface area (Å²) in [6.07, 6.45) is -0.639. The fourth-order valence-corrected chi connectivity index (χ4v) is 1.58. The van der Waals surface area contributed by atoms with Crippen molar-refractivity contribution in [1.29, 1.82) is 0 Å². The highest BCUT2D eigenvalue weighted by molar-refractivity contribution is 5.84. The SMILES string of the molecule is CC(O)c1cc2ccccc2cc1O. The summed E-state index contributed by atoms with van der Waals surface area (Å²) in [6.45, 7) is 1.64. The Morgan fingerprint density at radius 3 is 2.21 bits per heavy atom. The summed E-state index contributed by atoms with van der Waals surface area (Å²) in [7, 11) is 0. The lowest BCUT2D eigenvalue weighted by Crippen LogP contribution is -1.91. The van der Waals surface area contributed by atoms with Gasteiger partial charge in [-0.3, -0.25) is 0 Å². The third-order valence-electron chi connectivity index (χ3n) is 2.35. The van der Waals surface area contributed by atoms with Crippen molar-refractivity contribution in [2.75, 3.05) is 0 Å². The van der Waals surface area contributed by atoms with Crippen molar-refractivity contribution in [3.63, 3.8) is 0 Å². The van der Waals surface area contributed by atoms with Crippen LogP contribution in [0, 0.1) is 0 Å². The second-order valence-corrected chi connectivity index (χ2v) is 3.43. The lowest BCUT2D eigenvalue weighted by Gasteiger charge is -2.08. The predicted octanol–water partition coefficient (Wildman–Crippen LogP) is 2.60. The van der Waals surface area contributed by atoms with Crippen LogP contribution in [0.15, 0.2) is 36.4 Å². The van der Waals surface area contributed by atoms with Gasteiger partial charge in [0, 0.05) is 5.56 Å². The van der Waals surface area contributed by atoms with Crippen LogP contribution in [0.2, 0.25) is 0 Å². The molecule has 0 aliphatic heterocycles. The fraction of sp³-hybridized carbons (Fsp3) is 0.167. The zero-order valence-electron chi connectivity index (χ0n) is 7.94. The smallest absolute Gasteiger partial charge is 0.122 e. The maximum atomic E-state index is 9.62. The van der Waals surface area contributed by atoms with Crippen molar-refractivity contribution in [2.45, 2.75) is 13.0 Å². The van der Waals surface area contributed by atoms with Gasteiger partial charge in [0.1, 0.15) is 5.75 Å². The first-order valence-electron chi connectivity index (χ1n) is 4.58. The Morgan fingerprint density at radius 2 is 1.64 bits per heavy atom. The number of aromatic hydroxyl groups is 1. The number of hydrogen-bond acceptors (Lipinski definition) is 2. The van der Waals surface area contributed by atoms with Crippen LogP contribution in [0.4, 0.5) is 0 Å². The molecule has 0 aliphatic rings. The molecule has 0 aromatic heterocycles. The molecule has 14 heavy (non-hydrogen) atoms. The number of aliphatic hydroxyl groups excluding tert-OH is 1. The molecule has 0 amide bonds. The van der Waals surface area contributed by atoms with Gasteiger partial charge < -0.3 is 10.2 Å². The van der Waals surface area contributed by atoms with Crippen molar-refractivity contribution in [1.82, 2.24) is 0 Å². The van der Waals surface area contributed by atoms with E-state index in [1.165, 1.54) is 0 Å². The Kier molecular flexibility index (Phi) is 2.14. The average Bonchev–Trinajstić information content (AvgIpc) is 2.16. The average molecular weight is 188 g/mol. The minimum absolute atomic E-state index is 0.152. The molecule has 1 atom stereocenters. The molecule has 2 heteroatoms. The molecule has 0 aliphatic carbocycles. The molecule has 0 saturated heterocycles. The van der Waals surface area contributed by atoms with Crippen LogP contribution < -0.4 is 0 Å². The number of phenolic OH excluding ortho intramolecular Hbond substituents is 1. The van der Waals surface area contributed by atoms with Gasteiger partial charge >= 0.3 is 0 Å². The van der Waals surface area contributed by atoms with E-state index in [9.17, 15) is 10.2 Å². The third-order valence-corrected chi connectivity index (χ3v) is 2.35. The zero-order chi connectivity index (χ0) is 10.1. The summed E-state index contributed by atoms with van der Waals surface area (Å²) in [5.74, 6) is 0.152. The summed E-state index contributed by atoms with van der Waals surface area (Å²) in [4.78, 5) is 0. The minimum atomic E-state index is -0.639. The summed E-state index contributed by atoms with van der Waals surface area (Å²) < 4.78 is 0. The molecular weight excluding hydrogens is 176 g/mol. The highest BCUT2D eigenvalue weighted by atomic mass is 16.3. The molecule has 2 rings (SSSR count). The first-order valence-corrected chi connectivity index (χ1v) is 4.58. The highest BCUT2D eigenvalue weighted by Crippen LogP contribution is 2.29. The van der Waals surface area contributed by atoms with Crippen molar-refractivity contribution in [2.24, 2.45) is 0 Å². The van der Waals surface area contributed by atoms with Gasteiger partial charge in [-0.05, 0) is 29.8 Å². The minimum Gasteiger partial charge on any atom is -0.508 e.